The van der Waals surface area contributed by atoms with Gasteiger partial charge < -0.3 is 26.0 Å². The fourth-order valence-electron chi connectivity index (χ4n) is 3.33. The lowest BCUT2D eigenvalue weighted by Gasteiger charge is -2.31. The lowest BCUT2D eigenvalue weighted by atomic mass is 9.99. The molecule has 2 aromatic rings. The van der Waals surface area contributed by atoms with Crippen molar-refractivity contribution in [2.24, 2.45) is 0 Å². The van der Waals surface area contributed by atoms with Crippen molar-refractivity contribution in [2.75, 3.05) is 31.2 Å². The van der Waals surface area contributed by atoms with Crippen LogP contribution in [0.3, 0.4) is 0 Å². The molecule has 1 aromatic carbocycles. The number of hydrogen-bond donors (Lipinski definition) is 3. The maximum absolute atomic E-state index is 10.6. The monoisotopic (exact) mass is 387 g/mol. The molecule has 1 atom stereocenters. The van der Waals surface area contributed by atoms with Crippen LogP contribution >= 0.6 is 0 Å². The van der Waals surface area contributed by atoms with Crippen LogP contribution in [-0.4, -0.2) is 51.2 Å². The number of carboxylic acids is 1. The Labute approximate surface area is 163 Å². The number of carbonyl (C=O) groups is 1. The number of fused-ring (bicyclic) bond motifs is 1. The minimum absolute atomic E-state index is 0.109. The molecule has 0 fully saturated rings. The first kappa shape index (κ1) is 19.7. The Bertz CT molecular complexity index is 858. The molecular formula is C19H25N5O4. The van der Waals surface area contributed by atoms with Crippen molar-refractivity contribution in [3.8, 4) is 11.6 Å². The van der Waals surface area contributed by atoms with Crippen molar-refractivity contribution in [3.05, 3.63) is 35.4 Å². The highest BCUT2D eigenvalue weighted by Crippen LogP contribution is 2.37. The smallest absolute Gasteiger partial charge is 0.341 e. The summed E-state index contributed by atoms with van der Waals surface area (Å²) in [5.74, 6) is 0.467. The molecule has 0 radical (unpaired) electrons. The third-order valence-corrected chi connectivity index (χ3v) is 4.61. The molecule has 0 bridgehead atoms. The average molecular weight is 387 g/mol. The quantitative estimate of drug-likeness (QED) is 0.612. The van der Waals surface area contributed by atoms with Crippen LogP contribution in [0.15, 0.2) is 24.3 Å². The van der Waals surface area contributed by atoms with Crippen LogP contribution in [0.2, 0.25) is 0 Å². The summed E-state index contributed by atoms with van der Waals surface area (Å²) in [6.07, 6.45) is 0.618. The van der Waals surface area contributed by atoms with Gasteiger partial charge in [0.1, 0.15) is 17.2 Å². The van der Waals surface area contributed by atoms with Crippen molar-refractivity contribution >= 4 is 17.7 Å². The molecule has 5 N–H and O–H groups in total. The first-order valence-electron chi connectivity index (χ1n) is 9.05. The van der Waals surface area contributed by atoms with Gasteiger partial charge in [-0.3, -0.25) is 4.90 Å². The topological polar surface area (TPSA) is 137 Å². The summed E-state index contributed by atoms with van der Waals surface area (Å²) in [5.41, 5.74) is 13.0. The van der Waals surface area contributed by atoms with Gasteiger partial charge in [0, 0.05) is 19.5 Å². The zero-order valence-corrected chi connectivity index (χ0v) is 16.0. The zero-order valence-electron chi connectivity index (χ0n) is 16.0. The lowest BCUT2D eigenvalue weighted by Crippen LogP contribution is -2.44. The Kier molecular flexibility index (Phi) is 5.55. The Balaban J connectivity index is 1.63. The van der Waals surface area contributed by atoms with E-state index in [1.165, 1.54) is 0 Å². The molecule has 9 heteroatoms. The number of rotatable bonds is 8. The highest BCUT2D eigenvalue weighted by molar-refractivity contribution is 5.68. The van der Waals surface area contributed by atoms with Crippen LogP contribution in [0, 0.1) is 0 Å². The third kappa shape index (κ3) is 4.61. The van der Waals surface area contributed by atoms with Gasteiger partial charge in [0.05, 0.1) is 5.56 Å². The maximum atomic E-state index is 10.6. The van der Waals surface area contributed by atoms with E-state index >= 15 is 0 Å². The molecule has 9 nitrogen and oxygen atoms in total. The number of nitrogen functional groups attached to an aromatic ring is 2. The fourth-order valence-corrected chi connectivity index (χ4v) is 3.33. The van der Waals surface area contributed by atoms with Gasteiger partial charge in [-0.1, -0.05) is 19.1 Å². The van der Waals surface area contributed by atoms with Gasteiger partial charge >= 0.3 is 5.97 Å². The fraction of sp³-hybridized carbons (Fsp3) is 0.421. The van der Waals surface area contributed by atoms with Crippen LogP contribution in [0.1, 0.15) is 25.0 Å². The molecule has 28 heavy (non-hydrogen) atoms. The van der Waals surface area contributed by atoms with Gasteiger partial charge in [-0.05, 0) is 31.2 Å². The summed E-state index contributed by atoms with van der Waals surface area (Å²) in [6.45, 7) is 5.98. The number of nitrogens with zero attached hydrogens (tertiary/aromatic N) is 3. The molecule has 0 aliphatic carbocycles. The SMILES string of the molecule is CCN(Cc1ccc(OCC(=O)O)cc1)CC1(C)Cc2c(N)nc(N)nc2O1. The van der Waals surface area contributed by atoms with Gasteiger partial charge in [-0.25, -0.2) is 4.79 Å². The summed E-state index contributed by atoms with van der Waals surface area (Å²) < 4.78 is 11.2. The first-order chi connectivity index (χ1) is 13.3. The van der Waals surface area contributed by atoms with Crippen LogP contribution in [0.4, 0.5) is 11.8 Å². The molecule has 0 saturated carbocycles. The normalized spacial score (nSPS) is 18.0. The highest BCUT2D eigenvalue weighted by atomic mass is 16.5. The highest BCUT2D eigenvalue weighted by Gasteiger charge is 2.39. The number of nitrogens with two attached hydrogens (primary N) is 2. The third-order valence-electron chi connectivity index (χ3n) is 4.61. The minimum atomic E-state index is -1.00. The number of likely N-dealkylation sites (N-methyl/N-ethyl adjacent to an activating group) is 1. The van der Waals surface area contributed by atoms with Crippen molar-refractivity contribution in [1.29, 1.82) is 0 Å². The molecule has 1 aliphatic heterocycles. The second-order valence-electron chi connectivity index (χ2n) is 7.11. The molecule has 0 spiro atoms. The number of hydrogen-bond acceptors (Lipinski definition) is 8. The van der Waals surface area contributed by atoms with Crippen molar-refractivity contribution in [2.45, 2.75) is 32.4 Å². The van der Waals surface area contributed by atoms with Gasteiger partial charge in [0.15, 0.2) is 6.61 Å². The number of benzene rings is 1. The minimum Gasteiger partial charge on any atom is -0.482 e. The van der Waals surface area contributed by atoms with Crippen LogP contribution in [0.25, 0.3) is 0 Å². The van der Waals surface area contributed by atoms with E-state index in [1.54, 1.807) is 12.1 Å². The molecule has 1 unspecified atom stereocenters. The molecule has 150 valence electrons. The van der Waals surface area contributed by atoms with Crippen molar-refractivity contribution in [3.63, 3.8) is 0 Å². The summed E-state index contributed by atoms with van der Waals surface area (Å²) in [7, 11) is 0. The molecule has 3 rings (SSSR count). The van der Waals surface area contributed by atoms with Crippen molar-refractivity contribution < 1.29 is 19.4 Å². The molecule has 0 saturated heterocycles. The lowest BCUT2D eigenvalue weighted by molar-refractivity contribution is -0.139. The summed E-state index contributed by atoms with van der Waals surface area (Å²) >= 11 is 0. The Morgan fingerprint density at radius 1 is 1.32 bits per heavy atom. The van der Waals surface area contributed by atoms with E-state index in [0.717, 1.165) is 17.7 Å². The van der Waals surface area contributed by atoms with E-state index in [2.05, 4.69) is 21.8 Å². The molecule has 1 aromatic heterocycles. The number of anilines is 2. The Hall–Kier alpha value is -3.07. The number of aromatic nitrogens is 2. The molecule has 0 amide bonds. The summed E-state index contributed by atoms with van der Waals surface area (Å²) in [5, 5.41) is 8.67. The Morgan fingerprint density at radius 3 is 2.68 bits per heavy atom. The summed E-state index contributed by atoms with van der Waals surface area (Å²) in [6, 6.07) is 7.40. The van der Waals surface area contributed by atoms with Crippen LogP contribution in [0.5, 0.6) is 11.6 Å². The molecular weight excluding hydrogens is 362 g/mol. The van der Waals surface area contributed by atoms with E-state index < -0.39 is 11.6 Å². The van der Waals surface area contributed by atoms with E-state index in [-0.39, 0.29) is 12.6 Å². The van der Waals surface area contributed by atoms with E-state index in [9.17, 15) is 4.79 Å². The van der Waals surface area contributed by atoms with Crippen molar-refractivity contribution in [1.82, 2.24) is 14.9 Å². The standard InChI is InChI=1S/C19H25N5O4/c1-3-24(9-12-4-6-13(7-5-12)27-10-15(25)26)11-19(2)8-14-16(20)22-18(21)23-17(14)28-19/h4-7H,3,8-11H2,1-2H3,(H,25,26)(H4,20,21,22,23). The first-order valence-corrected chi connectivity index (χ1v) is 9.05. The van der Waals surface area contributed by atoms with Crippen LogP contribution < -0.4 is 20.9 Å². The largest absolute Gasteiger partial charge is 0.482 e. The Morgan fingerprint density at radius 2 is 2.04 bits per heavy atom. The predicted octanol–water partition coefficient (Wildman–Crippen LogP) is 1.32. The van der Waals surface area contributed by atoms with Gasteiger partial charge in [0.25, 0.3) is 0 Å². The van der Waals surface area contributed by atoms with Gasteiger partial charge in [-0.2, -0.15) is 9.97 Å². The van der Waals surface area contributed by atoms with Gasteiger partial charge in [-0.15, -0.1) is 0 Å². The second-order valence-corrected chi connectivity index (χ2v) is 7.11. The number of carboxylic acid groups (broad SMARTS) is 1. The maximum Gasteiger partial charge on any atom is 0.341 e. The molecule has 2 heterocycles. The van der Waals surface area contributed by atoms with E-state index in [1.807, 2.05) is 19.1 Å². The number of ether oxygens (including phenoxy) is 2. The molecule has 1 aliphatic rings. The predicted molar refractivity (Wildman–Crippen MR) is 104 cm³/mol. The zero-order chi connectivity index (χ0) is 20.3. The summed E-state index contributed by atoms with van der Waals surface area (Å²) in [4.78, 5) is 21.0. The number of aliphatic carboxylic acids is 1. The van der Waals surface area contributed by atoms with Crippen LogP contribution in [-0.2, 0) is 17.8 Å². The average Bonchev–Trinajstić information content (AvgIpc) is 2.97. The van der Waals surface area contributed by atoms with Gasteiger partial charge in [0.2, 0.25) is 11.8 Å². The van der Waals surface area contributed by atoms with E-state index in [0.29, 0.717) is 37.0 Å². The van der Waals surface area contributed by atoms with E-state index in [4.69, 9.17) is 26.0 Å². The second kappa shape index (κ2) is 7.89.